The van der Waals surface area contributed by atoms with E-state index in [4.69, 9.17) is 0 Å². The average molecular weight is 281 g/mol. The van der Waals surface area contributed by atoms with Gasteiger partial charge in [0.15, 0.2) is 0 Å². The molecule has 0 aliphatic carbocycles. The Kier molecular flexibility index (Phi) is 5.22. The summed E-state index contributed by atoms with van der Waals surface area (Å²) in [6, 6.07) is 30.7. The number of hydrogen-bond donors (Lipinski definition) is 0. The smallest absolute Gasteiger partial charge is 0.668 e. The summed E-state index contributed by atoms with van der Waals surface area (Å²) in [7, 11) is -2.63. The fourth-order valence-corrected chi connectivity index (χ4v) is 5.64. The van der Waals surface area contributed by atoms with Crippen molar-refractivity contribution in [3.05, 3.63) is 96.4 Å². The van der Waals surface area contributed by atoms with E-state index in [2.05, 4.69) is 36.4 Å². The van der Waals surface area contributed by atoms with Crippen LogP contribution < -0.4 is 34.4 Å². The summed E-state index contributed by atoms with van der Waals surface area (Å²) in [4.78, 5) is 0. The summed E-state index contributed by atoms with van der Waals surface area (Å²) in [5.41, 5.74) is 0. The van der Waals surface area contributed by atoms with E-state index in [0.717, 1.165) is 15.6 Å². The second kappa shape index (κ2) is 6.93. The third-order valence-corrected chi connectivity index (χ3v) is 7.22. The quantitative estimate of drug-likeness (QED) is 0.465. The number of hydrogen-bond acceptors (Lipinski definition) is 0. The molecule has 0 atom stereocenters. The van der Waals surface area contributed by atoms with Crippen molar-refractivity contribution < 1.29 is 18.9 Å². The van der Waals surface area contributed by atoms with Crippen molar-refractivity contribution in [1.82, 2.24) is 0 Å². The standard InChI is InChI=1S/C18H16NSi.Li/c19-20(16-10-4-1-5-11-16,17-12-6-2-7-13-17)18-14-8-3-9-15-18;/h1-15,19H;/q-1;+1. The zero-order chi connectivity index (χ0) is 13.8. The maximum Gasteiger partial charge on any atom is 1.00 e. The molecule has 3 aromatic carbocycles. The first-order valence-electron chi connectivity index (χ1n) is 6.73. The van der Waals surface area contributed by atoms with Crippen molar-refractivity contribution in [1.29, 1.82) is 0 Å². The van der Waals surface area contributed by atoms with Gasteiger partial charge in [0, 0.05) is 8.24 Å². The molecule has 3 rings (SSSR count). The molecule has 0 amide bonds. The van der Waals surface area contributed by atoms with Crippen LogP contribution in [-0.4, -0.2) is 8.24 Å². The van der Waals surface area contributed by atoms with Crippen LogP contribution in [-0.2, 0) is 0 Å². The molecule has 0 aliphatic heterocycles. The van der Waals surface area contributed by atoms with E-state index in [-0.39, 0.29) is 18.9 Å². The molecule has 0 spiro atoms. The molecule has 0 aromatic heterocycles. The zero-order valence-corrected chi connectivity index (χ0v) is 13.2. The van der Waals surface area contributed by atoms with Crippen molar-refractivity contribution in [2.45, 2.75) is 0 Å². The number of nitrogens with one attached hydrogen (secondary N) is 1. The van der Waals surface area contributed by atoms with Gasteiger partial charge in [-0.05, 0) is 0 Å². The van der Waals surface area contributed by atoms with Crippen LogP contribution in [0.2, 0.25) is 0 Å². The second-order valence-electron chi connectivity index (χ2n) is 4.85. The van der Waals surface area contributed by atoms with Crippen LogP contribution in [0.3, 0.4) is 0 Å². The van der Waals surface area contributed by atoms with Gasteiger partial charge in [-0.2, -0.15) is 0 Å². The normalized spacial score (nSPS) is 10.7. The van der Waals surface area contributed by atoms with Gasteiger partial charge in [-0.25, -0.2) is 0 Å². The van der Waals surface area contributed by atoms with E-state index >= 15 is 0 Å². The summed E-state index contributed by atoms with van der Waals surface area (Å²) >= 11 is 0. The second-order valence-corrected chi connectivity index (χ2v) is 8.08. The van der Waals surface area contributed by atoms with Crippen LogP contribution in [0.1, 0.15) is 0 Å². The number of rotatable bonds is 3. The van der Waals surface area contributed by atoms with Crippen LogP contribution in [0.25, 0.3) is 5.40 Å². The molecule has 21 heavy (non-hydrogen) atoms. The van der Waals surface area contributed by atoms with Gasteiger partial charge in [-0.15, -0.1) is 0 Å². The van der Waals surface area contributed by atoms with Gasteiger partial charge >= 0.3 is 18.9 Å². The largest absolute Gasteiger partial charge is 1.00 e. The topological polar surface area (TPSA) is 23.8 Å². The summed E-state index contributed by atoms with van der Waals surface area (Å²) in [5.74, 6) is 0. The van der Waals surface area contributed by atoms with Crippen molar-refractivity contribution in [2.24, 2.45) is 0 Å². The predicted octanol–water partition coefficient (Wildman–Crippen LogP) is -0.290. The minimum atomic E-state index is -2.63. The van der Waals surface area contributed by atoms with Crippen LogP contribution in [0, 0.1) is 0 Å². The van der Waals surface area contributed by atoms with Gasteiger partial charge in [0.25, 0.3) is 0 Å². The van der Waals surface area contributed by atoms with Crippen molar-refractivity contribution in [3.8, 4) is 0 Å². The molecular formula is C18H16LiNSi. The van der Waals surface area contributed by atoms with Crippen molar-refractivity contribution in [2.75, 3.05) is 0 Å². The molecular weight excluding hydrogens is 265 g/mol. The van der Waals surface area contributed by atoms with Crippen LogP contribution in [0.4, 0.5) is 0 Å². The Morgan fingerprint density at radius 3 is 0.952 bits per heavy atom. The minimum Gasteiger partial charge on any atom is -0.668 e. The molecule has 0 unspecified atom stereocenters. The van der Waals surface area contributed by atoms with Gasteiger partial charge in [0.1, 0.15) is 0 Å². The van der Waals surface area contributed by atoms with Gasteiger partial charge in [-0.1, -0.05) is 107 Å². The average Bonchev–Trinajstić information content (AvgIpc) is 2.56. The van der Waals surface area contributed by atoms with Gasteiger partial charge in [0.05, 0.1) is 0 Å². The fraction of sp³-hybridized carbons (Fsp3) is 0. The van der Waals surface area contributed by atoms with E-state index in [0.29, 0.717) is 0 Å². The Balaban J connectivity index is 0.00000161. The van der Waals surface area contributed by atoms with E-state index in [9.17, 15) is 5.40 Å². The molecule has 98 valence electrons. The first-order valence-corrected chi connectivity index (χ1v) is 8.73. The summed E-state index contributed by atoms with van der Waals surface area (Å²) in [6.07, 6.45) is 0. The molecule has 1 N–H and O–H groups in total. The van der Waals surface area contributed by atoms with Gasteiger partial charge < -0.3 is 5.40 Å². The molecule has 0 saturated carbocycles. The molecule has 0 radical (unpaired) electrons. The SMILES string of the molecule is [Li+].[NH-][Si](c1ccccc1)(c1ccccc1)c1ccccc1. The molecule has 0 fully saturated rings. The predicted molar refractivity (Wildman–Crippen MR) is 88.3 cm³/mol. The van der Waals surface area contributed by atoms with E-state index in [1.165, 1.54) is 0 Å². The zero-order valence-electron chi connectivity index (χ0n) is 12.2. The third kappa shape index (κ3) is 3.05. The molecule has 0 saturated heterocycles. The van der Waals surface area contributed by atoms with E-state index in [1.807, 2.05) is 54.6 Å². The fourth-order valence-electron chi connectivity index (χ4n) is 2.56. The van der Waals surface area contributed by atoms with Crippen molar-refractivity contribution >= 4 is 23.8 Å². The Morgan fingerprint density at radius 1 is 0.476 bits per heavy atom. The van der Waals surface area contributed by atoms with Crippen LogP contribution in [0.5, 0.6) is 0 Å². The molecule has 3 heteroatoms. The summed E-state index contributed by atoms with van der Waals surface area (Å²) < 4.78 is 0. The van der Waals surface area contributed by atoms with Gasteiger partial charge in [0.2, 0.25) is 0 Å². The molecule has 0 aliphatic rings. The molecule has 3 aromatic rings. The minimum absolute atomic E-state index is 0. The third-order valence-electron chi connectivity index (χ3n) is 3.62. The number of benzene rings is 3. The first-order chi connectivity index (χ1) is 9.82. The summed E-state index contributed by atoms with van der Waals surface area (Å²) in [6.45, 7) is 0. The molecule has 1 nitrogen and oxygen atoms in total. The Labute approximate surface area is 139 Å². The molecule has 0 heterocycles. The maximum atomic E-state index is 9.28. The van der Waals surface area contributed by atoms with E-state index < -0.39 is 8.24 Å². The monoisotopic (exact) mass is 281 g/mol. The first kappa shape index (κ1) is 15.8. The van der Waals surface area contributed by atoms with Gasteiger partial charge in [-0.3, -0.25) is 0 Å². The van der Waals surface area contributed by atoms with Crippen molar-refractivity contribution in [3.63, 3.8) is 0 Å². The Hall–Kier alpha value is -1.57. The summed E-state index contributed by atoms with van der Waals surface area (Å²) in [5, 5.41) is 12.7. The van der Waals surface area contributed by atoms with E-state index in [1.54, 1.807) is 0 Å². The van der Waals surface area contributed by atoms with Crippen LogP contribution in [0.15, 0.2) is 91.0 Å². The maximum absolute atomic E-state index is 9.28. The Bertz CT molecular complexity index is 575. The Morgan fingerprint density at radius 2 is 0.714 bits per heavy atom. The molecule has 0 bridgehead atoms. The van der Waals surface area contributed by atoms with Crippen LogP contribution >= 0.6 is 0 Å².